The van der Waals surface area contributed by atoms with Crippen LogP contribution in [-0.4, -0.2) is 13.2 Å². The second-order valence-electron chi connectivity index (χ2n) is 4.46. The number of hydrogen-bond donors (Lipinski definition) is 1. The molecule has 0 atom stereocenters. The summed E-state index contributed by atoms with van der Waals surface area (Å²) in [7, 11) is 1.62. The van der Waals surface area contributed by atoms with Crippen LogP contribution in [0.5, 0.6) is 11.5 Å². The largest absolute Gasteiger partial charge is 0.497 e. The van der Waals surface area contributed by atoms with Crippen LogP contribution in [0.25, 0.3) is 0 Å². The van der Waals surface area contributed by atoms with E-state index in [9.17, 15) is 4.79 Å². The Morgan fingerprint density at radius 3 is 2.15 bits per heavy atom. The number of methoxy groups -OCH3 is 1. The molecule has 0 radical (unpaired) electrons. The Morgan fingerprint density at radius 2 is 1.60 bits per heavy atom. The number of ether oxygens (including phenoxy) is 2. The van der Waals surface area contributed by atoms with E-state index in [1.807, 2.05) is 44.2 Å². The van der Waals surface area contributed by atoms with Gasteiger partial charge in [-0.2, -0.15) is 0 Å². The first-order valence-electron chi connectivity index (χ1n) is 6.29. The summed E-state index contributed by atoms with van der Waals surface area (Å²) in [6.07, 6.45) is -0.507. The number of carbonyl (C=O) groups excluding carboxylic acids is 1. The van der Waals surface area contributed by atoms with Gasteiger partial charge in [0, 0.05) is 0 Å². The second-order valence-corrected chi connectivity index (χ2v) is 4.46. The lowest BCUT2D eigenvalue weighted by Gasteiger charge is -2.13. The molecule has 1 amide bonds. The van der Waals surface area contributed by atoms with Crippen LogP contribution < -0.4 is 14.8 Å². The highest BCUT2D eigenvalue weighted by molar-refractivity contribution is 5.88. The van der Waals surface area contributed by atoms with E-state index in [0.717, 1.165) is 22.6 Å². The average Bonchev–Trinajstić information content (AvgIpc) is 2.43. The standard InChI is InChI=1S/C16H17NO3/c1-11-9-14(19-3)10-12(2)15(11)17-16(18)20-13-7-5-4-6-8-13/h4-10H,1-3H3,(H,17,18). The first kappa shape index (κ1) is 13.9. The summed E-state index contributed by atoms with van der Waals surface area (Å²) in [5.74, 6) is 1.27. The maximum absolute atomic E-state index is 11.9. The van der Waals surface area contributed by atoms with Crippen LogP contribution in [0.4, 0.5) is 10.5 Å². The molecule has 0 aliphatic heterocycles. The molecule has 1 N–H and O–H groups in total. The average molecular weight is 271 g/mol. The molecule has 0 saturated heterocycles. The molecule has 4 heteroatoms. The van der Waals surface area contributed by atoms with Crippen molar-refractivity contribution in [1.29, 1.82) is 0 Å². The summed E-state index contributed by atoms with van der Waals surface area (Å²) in [5, 5.41) is 2.76. The molecule has 0 unspecified atom stereocenters. The highest BCUT2D eigenvalue weighted by atomic mass is 16.6. The summed E-state index contributed by atoms with van der Waals surface area (Å²) in [4.78, 5) is 11.9. The Bertz CT molecular complexity index is 585. The minimum absolute atomic E-state index is 0.507. The summed E-state index contributed by atoms with van der Waals surface area (Å²) >= 11 is 0. The quantitative estimate of drug-likeness (QED) is 0.920. The number of rotatable bonds is 3. The van der Waals surface area contributed by atoms with Crippen LogP contribution in [0.3, 0.4) is 0 Å². The van der Waals surface area contributed by atoms with Gasteiger partial charge in [-0.25, -0.2) is 4.79 Å². The van der Waals surface area contributed by atoms with Crippen LogP contribution in [0.1, 0.15) is 11.1 Å². The van der Waals surface area contributed by atoms with E-state index < -0.39 is 6.09 Å². The Morgan fingerprint density at radius 1 is 1.00 bits per heavy atom. The SMILES string of the molecule is COc1cc(C)c(NC(=O)Oc2ccccc2)c(C)c1. The molecule has 2 aromatic carbocycles. The van der Waals surface area contributed by atoms with Gasteiger partial charge in [-0.3, -0.25) is 5.32 Å². The number of amides is 1. The fourth-order valence-electron chi connectivity index (χ4n) is 1.96. The van der Waals surface area contributed by atoms with E-state index in [-0.39, 0.29) is 0 Å². The molecule has 2 aromatic rings. The van der Waals surface area contributed by atoms with Gasteiger partial charge in [-0.1, -0.05) is 18.2 Å². The van der Waals surface area contributed by atoms with Crippen molar-refractivity contribution in [3.63, 3.8) is 0 Å². The number of para-hydroxylation sites is 1. The predicted octanol–water partition coefficient (Wildman–Crippen LogP) is 3.92. The zero-order valence-electron chi connectivity index (χ0n) is 11.8. The molecule has 0 bridgehead atoms. The zero-order valence-corrected chi connectivity index (χ0v) is 11.8. The van der Waals surface area contributed by atoms with Crippen LogP contribution in [0.15, 0.2) is 42.5 Å². The Hall–Kier alpha value is -2.49. The van der Waals surface area contributed by atoms with Crippen molar-refractivity contribution >= 4 is 11.8 Å². The summed E-state index contributed by atoms with van der Waals surface area (Å²) < 4.78 is 10.4. The smallest absolute Gasteiger partial charge is 0.417 e. The monoisotopic (exact) mass is 271 g/mol. The van der Waals surface area contributed by atoms with E-state index in [4.69, 9.17) is 9.47 Å². The molecule has 2 rings (SSSR count). The lowest BCUT2D eigenvalue weighted by atomic mass is 10.1. The van der Waals surface area contributed by atoms with Crippen molar-refractivity contribution in [3.05, 3.63) is 53.6 Å². The van der Waals surface area contributed by atoms with Crippen molar-refractivity contribution in [1.82, 2.24) is 0 Å². The molecule has 0 aromatic heterocycles. The third-order valence-corrected chi connectivity index (χ3v) is 2.92. The number of nitrogens with one attached hydrogen (secondary N) is 1. The number of aryl methyl sites for hydroxylation is 2. The maximum Gasteiger partial charge on any atom is 0.417 e. The number of carbonyl (C=O) groups is 1. The lowest BCUT2D eigenvalue weighted by Crippen LogP contribution is -2.18. The van der Waals surface area contributed by atoms with Crippen LogP contribution in [-0.2, 0) is 0 Å². The van der Waals surface area contributed by atoms with Gasteiger partial charge in [0.2, 0.25) is 0 Å². The van der Waals surface area contributed by atoms with Crippen LogP contribution in [0.2, 0.25) is 0 Å². The third kappa shape index (κ3) is 3.29. The predicted molar refractivity (Wildman–Crippen MR) is 78.6 cm³/mol. The second kappa shape index (κ2) is 6.10. The lowest BCUT2D eigenvalue weighted by molar-refractivity contribution is 0.215. The highest BCUT2D eigenvalue weighted by Crippen LogP contribution is 2.26. The first-order chi connectivity index (χ1) is 9.60. The van der Waals surface area contributed by atoms with Gasteiger partial charge < -0.3 is 9.47 Å². The molecule has 0 saturated carbocycles. The molecular formula is C16H17NO3. The molecule has 4 nitrogen and oxygen atoms in total. The molecule has 0 heterocycles. The number of anilines is 1. The van der Waals surface area contributed by atoms with E-state index in [1.54, 1.807) is 19.2 Å². The van der Waals surface area contributed by atoms with Gasteiger partial charge in [0.1, 0.15) is 11.5 Å². The number of benzene rings is 2. The van der Waals surface area contributed by atoms with Gasteiger partial charge in [-0.05, 0) is 49.2 Å². The van der Waals surface area contributed by atoms with Gasteiger partial charge in [0.05, 0.1) is 12.8 Å². The number of hydrogen-bond acceptors (Lipinski definition) is 3. The van der Waals surface area contributed by atoms with Gasteiger partial charge in [0.25, 0.3) is 0 Å². The molecule has 0 aliphatic rings. The topological polar surface area (TPSA) is 47.6 Å². The minimum atomic E-state index is -0.507. The first-order valence-corrected chi connectivity index (χ1v) is 6.29. The molecular weight excluding hydrogens is 254 g/mol. The fraction of sp³-hybridized carbons (Fsp3) is 0.188. The van der Waals surface area contributed by atoms with Crippen molar-refractivity contribution < 1.29 is 14.3 Å². The fourth-order valence-corrected chi connectivity index (χ4v) is 1.96. The molecule has 0 spiro atoms. The van der Waals surface area contributed by atoms with Gasteiger partial charge in [0.15, 0.2) is 0 Å². The van der Waals surface area contributed by atoms with E-state index in [0.29, 0.717) is 5.75 Å². The Balaban J connectivity index is 2.12. The van der Waals surface area contributed by atoms with Crippen molar-refractivity contribution in [3.8, 4) is 11.5 Å². The highest BCUT2D eigenvalue weighted by Gasteiger charge is 2.10. The summed E-state index contributed by atoms with van der Waals surface area (Å²) in [6.45, 7) is 3.82. The van der Waals surface area contributed by atoms with E-state index in [2.05, 4.69) is 5.32 Å². The zero-order chi connectivity index (χ0) is 14.5. The maximum atomic E-state index is 11.9. The van der Waals surface area contributed by atoms with Crippen LogP contribution >= 0.6 is 0 Å². The van der Waals surface area contributed by atoms with E-state index >= 15 is 0 Å². The van der Waals surface area contributed by atoms with Gasteiger partial charge >= 0.3 is 6.09 Å². The summed E-state index contributed by atoms with van der Waals surface area (Å²) in [6, 6.07) is 12.7. The van der Waals surface area contributed by atoms with Crippen molar-refractivity contribution in [2.75, 3.05) is 12.4 Å². The molecule has 104 valence electrons. The van der Waals surface area contributed by atoms with Crippen LogP contribution in [0, 0.1) is 13.8 Å². The van der Waals surface area contributed by atoms with Crippen molar-refractivity contribution in [2.24, 2.45) is 0 Å². The normalized spacial score (nSPS) is 9.95. The van der Waals surface area contributed by atoms with E-state index in [1.165, 1.54) is 0 Å². The van der Waals surface area contributed by atoms with Crippen molar-refractivity contribution in [2.45, 2.75) is 13.8 Å². The molecule has 20 heavy (non-hydrogen) atoms. The molecule has 0 fully saturated rings. The van der Waals surface area contributed by atoms with Gasteiger partial charge in [-0.15, -0.1) is 0 Å². The molecule has 0 aliphatic carbocycles. The third-order valence-electron chi connectivity index (χ3n) is 2.92. The summed E-state index contributed by atoms with van der Waals surface area (Å²) in [5.41, 5.74) is 2.59. The minimum Gasteiger partial charge on any atom is -0.497 e. The Labute approximate surface area is 118 Å². The Kier molecular flexibility index (Phi) is 4.25.